The van der Waals surface area contributed by atoms with Gasteiger partial charge in [0, 0.05) is 6.42 Å². The van der Waals surface area contributed by atoms with Crippen LogP contribution < -0.4 is 0 Å². The van der Waals surface area contributed by atoms with Crippen LogP contribution in [0.3, 0.4) is 0 Å². The summed E-state index contributed by atoms with van der Waals surface area (Å²) in [5, 5.41) is 18.1. The van der Waals surface area contributed by atoms with Gasteiger partial charge in [0.25, 0.3) is 0 Å². The molecule has 18 heavy (non-hydrogen) atoms. The molecule has 0 bridgehead atoms. The molecule has 0 radical (unpaired) electrons. The second-order valence-corrected chi connectivity index (χ2v) is 5.70. The van der Waals surface area contributed by atoms with Crippen LogP contribution in [0, 0.1) is 0 Å². The summed E-state index contributed by atoms with van der Waals surface area (Å²) in [6.45, 7) is 2.70. The Hall–Kier alpha value is -0.120. The van der Waals surface area contributed by atoms with Gasteiger partial charge in [-0.2, -0.15) is 10.4 Å². The number of nitrogens with zero attached hydrogens (tertiary/aromatic N) is 1. The first-order valence-corrected chi connectivity index (χ1v) is 7.87. The van der Waals surface area contributed by atoms with E-state index in [9.17, 15) is 0 Å². The van der Waals surface area contributed by atoms with E-state index in [2.05, 4.69) is 6.92 Å². The Morgan fingerprint density at radius 1 is 0.611 bits per heavy atom. The van der Waals surface area contributed by atoms with Crippen LogP contribution in [0.25, 0.3) is 0 Å². The zero-order valence-corrected chi connectivity index (χ0v) is 12.5. The van der Waals surface area contributed by atoms with Gasteiger partial charge in [0.05, 0.1) is 0 Å². The maximum atomic E-state index is 9.07. The van der Waals surface area contributed by atoms with Gasteiger partial charge in [0.2, 0.25) is 0 Å². The molecule has 0 saturated carbocycles. The molecule has 0 aliphatic heterocycles. The third-order valence-corrected chi connectivity index (χ3v) is 3.44. The van der Waals surface area contributed by atoms with E-state index >= 15 is 0 Å². The predicted octanol–water partition coefficient (Wildman–Crippen LogP) is 4.91. The average molecular weight is 260 g/mol. The van der Waals surface area contributed by atoms with E-state index in [4.69, 9.17) is 10.4 Å². The summed E-state index contributed by atoms with van der Waals surface area (Å²) in [5.41, 5.74) is 0. The molecule has 3 nitrogen and oxygen atoms in total. The molecule has 0 unspecified atom stereocenters. The Kier molecular flexibility index (Phi) is 11.9. The van der Waals surface area contributed by atoms with Crippen molar-refractivity contribution >= 4 is 0 Å². The number of hydroxylamine groups is 4. The molecule has 2 N–H and O–H groups in total. The third-order valence-electron chi connectivity index (χ3n) is 3.44. The molecular formula is C15H34NO2+. The Morgan fingerprint density at radius 3 is 1.28 bits per heavy atom. The summed E-state index contributed by atoms with van der Waals surface area (Å²) in [4.78, 5) is -0.877. The maximum Gasteiger partial charge on any atom is 0.141 e. The molecule has 0 fully saturated rings. The lowest BCUT2D eigenvalue weighted by Crippen LogP contribution is -2.36. The van der Waals surface area contributed by atoms with Crippen LogP contribution in [0.4, 0.5) is 0 Å². The molecule has 0 rings (SSSR count). The first-order chi connectivity index (χ1) is 8.56. The second-order valence-electron chi connectivity index (χ2n) is 5.70. The topological polar surface area (TPSA) is 40.5 Å². The van der Waals surface area contributed by atoms with E-state index in [0.29, 0.717) is 6.54 Å². The van der Waals surface area contributed by atoms with Crippen LogP contribution in [-0.2, 0) is 0 Å². The lowest BCUT2D eigenvalue weighted by molar-refractivity contribution is -1.23. The van der Waals surface area contributed by atoms with Gasteiger partial charge in [-0.3, -0.25) is 0 Å². The average Bonchev–Trinajstić information content (AvgIpc) is 2.29. The summed E-state index contributed by atoms with van der Waals surface area (Å²) in [6.07, 6.45) is 15.6. The Labute approximate surface area is 113 Å². The molecule has 0 aliphatic carbocycles. The minimum absolute atomic E-state index is 0.442. The lowest BCUT2D eigenvalue weighted by Gasteiger charge is -2.14. The van der Waals surface area contributed by atoms with E-state index in [1.807, 2.05) is 0 Å². The Balaban J connectivity index is 2.99. The number of quaternary nitrogens is 1. The van der Waals surface area contributed by atoms with E-state index < -0.39 is 4.81 Å². The molecule has 0 atom stereocenters. The Morgan fingerprint density at radius 2 is 0.944 bits per heavy atom. The van der Waals surface area contributed by atoms with Crippen LogP contribution in [0.2, 0.25) is 0 Å². The molecule has 0 aromatic carbocycles. The highest BCUT2D eigenvalue weighted by molar-refractivity contribution is 4.48. The highest BCUT2D eigenvalue weighted by Gasteiger charge is 2.12. The fourth-order valence-corrected chi connectivity index (χ4v) is 2.25. The van der Waals surface area contributed by atoms with Gasteiger partial charge >= 0.3 is 0 Å². The SMILES string of the molecule is CCCCCCCCCCCCCC[N+](C)(O)O. The molecule has 0 spiro atoms. The first kappa shape index (κ1) is 17.9. The van der Waals surface area contributed by atoms with Gasteiger partial charge in [-0.1, -0.05) is 75.9 Å². The van der Waals surface area contributed by atoms with Gasteiger partial charge in [-0.05, 0) is 6.42 Å². The number of hydrogen-bond donors (Lipinski definition) is 2. The quantitative estimate of drug-likeness (QED) is 0.280. The molecular weight excluding hydrogens is 226 g/mol. The lowest BCUT2D eigenvalue weighted by atomic mass is 10.1. The minimum Gasteiger partial charge on any atom is -0.182 e. The monoisotopic (exact) mass is 260 g/mol. The standard InChI is InChI=1S/C15H34NO2/c1-3-4-5-6-7-8-9-10-11-12-13-14-15-16(2,17)18/h17-18H,3-15H2,1-2H3/q+1. The van der Waals surface area contributed by atoms with Crippen molar-refractivity contribution in [2.75, 3.05) is 13.6 Å². The van der Waals surface area contributed by atoms with Crippen molar-refractivity contribution in [3.63, 3.8) is 0 Å². The van der Waals surface area contributed by atoms with Crippen LogP contribution in [0.15, 0.2) is 0 Å². The highest BCUT2D eigenvalue weighted by atomic mass is 16.8. The van der Waals surface area contributed by atoms with Crippen LogP contribution in [-0.4, -0.2) is 28.8 Å². The van der Waals surface area contributed by atoms with Crippen molar-refractivity contribution in [1.82, 2.24) is 0 Å². The summed E-state index contributed by atoms with van der Waals surface area (Å²) in [6, 6.07) is 0. The van der Waals surface area contributed by atoms with Crippen LogP contribution in [0.1, 0.15) is 84.0 Å². The minimum atomic E-state index is -0.877. The number of hydrogen-bond acceptors (Lipinski definition) is 2. The number of rotatable bonds is 13. The smallest absolute Gasteiger partial charge is 0.141 e. The molecule has 0 aromatic heterocycles. The molecule has 0 aliphatic rings. The summed E-state index contributed by atoms with van der Waals surface area (Å²) >= 11 is 0. The normalized spacial score (nSPS) is 12.0. The molecule has 0 heterocycles. The van der Waals surface area contributed by atoms with Crippen LogP contribution >= 0.6 is 0 Å². The molecule has 0 amide bonds. The van der Waals surface area contributed by atoms with Gasteiger partial charge in [-0.15, -0.1) is 0 Å². The molecule has 0 aromatic rings. The zero-order valence-electron chi connectivity index (χ0n) is 12.5. The van der Waals surface area contributed by atoms with Gasteiger partial charge in [-0.25, -0.2) is 0 Å². The van der Waals surface area contributed by atoms with Gasteiger partial charge in [0.15, 0.2) is 0 Å². The second kappa shape index (κ2) is 11.9. The Bertz CT molecular complexity index is 166. The summed E-state index contributed by atoms with van der Waals surface area (Å²) in [7, 11) is 1.40. The van der Waals surface area contributed by atoms with E-state index in [-0.39, 0.29) is 0 Å². The largest absolute Gasteiger partial charge is 0.182 e. The number of unbranched alkanes of at least 4 members (excludes halogenated alkanes) is 11. The first-order valence-electron chi connectivity index (χ1n) is 7.87. The summed E-state index contributed by atoms with van der Waals surface area (Å²) < 4.78 is 0. The van der Waals surface area contributed by atoms with E-state index in [1.54, 1.807) is 0 Å². The highest BCUT2D eigenvalue weighted by Crippen LogP contribution is 2.12. The maximum absolute atomic E-state index is 9.07. The summed E-state index contributed by atoms with van der Waals surface area (Å²) in [5.74, 6) is 0. The van der Waals surface area contributed by atoms with Gasteiger partial charge in [0.1, 0.15) is 13.6 Å². The molecule has 110 valence electrons. The van der Waals surface area contributed by atoms with E-state index in [0.717, 1.165) is 12.8 Å². The van der Waals surface area contributed by atoms with Crippen LogP contribution in [0.5, 0.6) is 0 Å². The fourth-order valence-electron chi connectivity index (χ4n) is 2.25. The van der Waals surface area contributed by atoms with Crippen molar-refractivity contribution in [3.05, 3.63) is 0 Å². The van der Waals surface area contributed by atoms with Crippen molar-refractivity contribution in [2.45, 2.75) is 84.0 Å². The van der Waals surface area contributed by atoms with Gasteiger partial charge < -0.3 is 0 Å². The van der Waals surface area contributed by atoms with Crippen molar-refractivity contribution in [2.24, 2.45) is 0 Å². The van der Waals surface area contributed by atoms with Crippen molar-refractivity contribution < 1.29 is 15.2 Å². The van der Waals surface area contributed by atoms with Crippen molar-refractivity contribution in [1.29, 1.82) is 0 Å². The van der Waals surface area contributed by atoms with E-state index in [1.165, 1.54) is 71.3 Å². The zero-order chi connectivity index (χ0) is 13.7. The fraction of sp³-hybridized carbons (Fsp3) is 1.00. The molecule has 3 heteroatoms. The third kappa shape index (κ3) is 15.9. The predicted molar refractivity (Wildman–Crippen MR) is 75.7 cm³/mol. The van der Waals surface area contributed by atoms with Crippen molar-refractivity contribution in [3.8, 4) is 0 Å². The molecule has 0 saturated heterocycles.